The molecule has 0 unspecified atom stereocenters. The molecule has 0 bridgehead atoms. The second-order valence-electron chi connectivity index (χ2n) is 1.66. The minimum absolute atomic E-state index is 0.224. The summed E-state index contributed by atoms with van der Waals surface area (Å²) in [6.45, 7) is 2.07. The van der Waals surface area contributed by atoms with Crippen LogP contribution in [0.15, 0.2) is 0 Å². The molecular formula is C4H12N2O4S2. The van der Waals surface area contributed by atoms with Gasteiger partial charge in [-0.3, -0.25) is 14.5 Å². The highest BCUT2D eigenvalue weighted by Gasteiger charge is 1.85. The summed E-state index contributed by atoms with van der Waals surface area (Å²) in [4.78, 5) is 0. The van der Waals surface area contributed by atoms with E-state index in [2.05, 4.69) is 6.92 Å². The smallest absolute Gasteiger partial charge is 0.379 e. The van der Waals surface area contributed by atoms with E-state index in [9.17, 15) is 0 Å². The molecule has 0 aliphatic rings. The van der Waals surface area contributed by atoms with Crippen molar-refractivity contribution in [1.29, 1.82) is 5.41 Å². The maximum atomic E-state index is 8.74. The summed E-state index contributed by atoms with van der Waals surface area (Å²) in [5.41, 5.74) is 5.02. The first-order chi connectivity index (χ1) is 5.27. The molecule has 0 saturated carbocycles. The van der Waals surface area contributed by atoms with Gasteiger partial charge in [0.2, 0.25) is 0 Å². The molecule has 0 amide bonds. The summed E-state index contributed by atoms with van der Waals surface area (Å²) < 4.78 is 31.6. The van der Waals surface area contributed by atoms with Gasteiger partial charge in [-0.25, -0.2) is 0 Å². The number of nitrogens with one attached hydrogen (secondary N) is 1. The topological polar surface area (TPSA) is 124 Å². The van der Waals surface area contributed by atoms with Crippen LogP contribution in [-0.4, -0.2) is 28.4 Å². The van der Waals surface area contributed by atoms with Crippen molar-refractivity contribution in [2.45, 2.75) is 13.3 Å². The van der Waals surface area contributed by atoms with Gasteiger partial charge >= 0.3 is 10.4 Å². The molecule has 0 aliphatic heterocycles. The Bertz CT molecular complexity index is 205. The van der Waals surface area contributed by atoms with Crippen LogP contribution in [0.25, 0.3) is 0 Å². The van der Waals surface area contributed by atoms with Gasteiger partial charge in [-0.05, 0) is 6.42 Å². The third-order valence-electron chi connectivity index (χ3n) is 0.462. The molecule has 0 aromatic heterocycles. The minimum atomic E-state index is -4.67. The van der Waals surface area contributed by atoms with Crippen LogP contribution in [0.5, 0.6) is 0 Å². The molecule has 0 atom stereocenters. The first-order valence-electron chi connectivity index (χ1n) is 2.94. The molecule has 74 valence electrons. The number of rotatable bonds is 2. The Morgan fingerprint density at radius 3 is 2.00 bits per heavy atom. The predicted octanol–water partition coefficient (Wildman–Crippen LogP) is 0.370. The van der Waals surface area contributed by atoms with Gasteiger partial charge in [-0.15, -0.1) is 0 Å². The lowest BCUT2D eigenvalue weighted by Gasteiger charge is -1.90. The number of hydrogen-bond donors (Lipinski definition) is 4. The van der Waals surface area contributed by atoms with Crippen molar-refractivity contribution in [2.75, 3.05) is 5.75 Å². The second kappa shape index (κ2) is 7.35. The molecule has 0 fully saturated rings. The van der Waals surface area contributed by atoms with E-state index in [4.69, 9.17) is 28.7 Å². The molecule has 12 heavy (non-hydrogen) atoms. The fourth-order valence-electron chi connectivity index (χ4n) is 0.212. The maximum absolute atomic E-state index is 8.74. The van der Waals surface area contributed by atoms with Crippen molar-refractivity contribution >= 4 is 27.3 Å². The zero-order chi connectivity index (χ0) is 10.2. The van der Waals surface area contributed by atoms with E-state index < -0.39 is 10.4 Å². The van der Waals surface area contributed by atoms with Crippen LogP contribution in [0.2, 0.25) is 0 Å². The van der Waals surface area contributed by atoms with E-state index >= 15 is 0 Å². The van der Waals surface area contributed by atoms with Crippen LogP contribution in [0.1, 0.15) is 13.3 Å². The lowest BCUT2D eigenvalue weighted by atomic mass is 10.6. The Kier molecular flexibility index (Phi) is 8.71. The number of hydrogen-bond acceptors (Lipinski definition) is 4. The minimum Gasteiger partial charge on any atom is -0.379 e. The fraction of sp³-hybridized carbons (Fsp3) is 0.750. The average Bonchev–Trinajstić information content (AvgIpc) is 1.79. The predicted molar refractivity (Wildman–Crippen MR) is 48.8 cm³/mol. The second-order valence-corrected chi connectivity index (χ2v) is 3.69. The van der Waals surface area contributed by atoms with Gasteiger partial charge < -0.3 is 5.73 Å². The summed E-state index contributed by atoms with van der Waals surface area (Å²) in [6.07, 6.45) is 1.09. The van der Waals surface area contributed by atoms with Gasteiger partial charge in [0, 0.05) is 5.75 Å². The first-order valence-corrected chi connectivity index (χ1v) is 5.32. The van der Waals surface area contributed by atoms with Crippen molar-refractivity contribution in [3.05, 3.63) is 0 Å². The Balaban J connectivity index is 0. The Labute approximate surface area is 75.6 Å². The van der Waals surface area contributed by atoms with E-state index in [1.165, 1.54) is 11.8 Å². The lowest BCUT2D eigenvalue weighted by Crippen LogP contribution is -2.03. The van der Waals surface area contributed by atoms with E-state index in [0.29, 0.717) is 0 Å². The monoisotopic (exact) mass is 216 g/mol. The van der Waals surface area contributed by atoms with Gasteiger partial charge in [0.25, 0.3) is 0 Å². The molecule has 0 aliphatic carbocycles. The highest BCUT2D eigenvalue weighted by molar-refractivity contribution is 8.13. The van der Waals surface area contributed by atoms with Crippen LogP contribution in [0, 0.1) is 5.41 Å². The molecule has 0 saturated heterocycles. The van der Waals surface area contributed by atoms with Gasteiger partial charge in [-0.2, -0.15) is 8.42 Å². The van der Waals surface area contributed by atoms with Crippen LogP contribution >= 0.6 is 11.8 Å². The standard InChI is InChI=1S/C4H10N2S.H2O4S/c1-2-3-7-4(5)6;1-5(2,3)4/h2-3H2,1H3,(H3,5,6);(H2,1,2,3,4). The third-order valence-corrected chi connectivity index (χ3v) is 1.39. The number of thioether (sulfide) groups is 1. The molecule has 0 spiro atoms. The van der Waals surface area contributed by atoms with Crippen molar-refractivity contribution in [2.24, 2.45) is 5.73 Å². The Morgan fingerprint density at radius 1 is 1.58 bits per heavy atom. The van der Waals surface area contributed by atoms with Crippen LogP contribution in [0.4, 0.5) is 0 Å². The van der Waals surface area contributed by atoms with Gasteiger partial charge in [0.05, 0.1) is 0 Å². The van der Waals surface area contributed by atoms with Crippen molar-refractivity contribution in [3.8, 4) is 0 Å². The average molecular weight is 216 g/mol. The van der Waals surface area contributed by atoms with E-state index in [-0.39, 0.29) is 5.17 Å². The molecule has 8 heteroatoms. The highest BCUT2D eigenvalue weighted by Crippen LogP contribution is 1.97. The highest BCUT2D eigenvalue weighted by atomic mass is 32.3. The van der Waals surface area contributed by atoms with E-state index in [0.717, 1.165) is 12.2 Å². The van der Waals surface area contributed by atoms with Gasteiger partial charge in [0.1, 0.15) is 0 Å². The molecule has 5 N–H and O–H groups in total. The molecule has 0 rings (SSSR count). The number of amidine groups is 1. The first kappa shape index (κ1) is 14.2. The van der Waals surface area contributed by atoms with Gasteiger partial charge in [-0.1, -0.05) is 18.7 Å². The molecule has 0 heterocycles. The van der Waals surface area contributed by atoms with E-state index in [1.807, 2.05) is 0 Å². The van der Waals surface area contributed by atoms with Crippen molar-refractivity contribution in [3.63, 3.8) is 0 Å². The summed E-state index contributed by atoms with van der Waals surface area (Å²) in [7, 11) is -4.67. The summed E-state index contributed by atoms with van der Waals surface area (Å²) in [5, 5.41) is 6.96. The summed E-state index contributed by atoms with van der Waals surface area (Å²) in [6, 6.07) is 0. The zero-order valence-electron chi connectivity index (χ0n) is 6.52. The molecule has 6 nitrogen and oxygen atoms in total. The SMILES string of the molecule is CCCSC(=N)N.O=S(=O)(O)O. The molecular weight excluding hydrogens is 204 g/mol. The summed E-state index contributed by atoms with van der Waals surface area (Å²) >= 11 is 1.39. The normalized spacial score (nSPS) is 9.92. The van der Waals surface area contributed by atoms with Crippen molar-refractivity contribution < 1.29 is 17.5 Å². The van der Waals surface area contributed by atoms with Gasteiger partial charge in [0.15, 0.2) is 5.17 Å². The van der Waals surface area contributed by atoms with Crippen LogP contribution in [-0.2, 0) is 10.4 Å². The molecule has 0 aromatic carbocycles. The molecule has 0 radical (unpaired) electrons. The Hall–Kier alpha value is -0.310. The fourth-order valence-corrected chi connectivity index (χ4v) is 0.636. The van der Waals surface area contributed by atoms with E-state index in [1.54, 1.807) is 0 Å². The Morgan fingerprint density at radius 2 is 1.92 bits per heavy atom. The quantitative estimate of drug-likeness (QED) is 0.300. The third kappa shape index (κ3) is 53.7. The lowest BCUT2D eigenvalue weighted by molar-refractivity contribution is 0.381. The molecule has 0 aromatic rings. The van der Waals surface area contributed by atoms with Crippen LogP contribution < -0.4 is 5.73 Å². The van der Waals surface area contributed by atoms with Crippen LogP contribution in [0.3, 0.4) is 0 Å². The summed E-state index contributed by atoms with van der Waals surface area (Å²) in [5.74, 6) is 0.968. The maximum Gasteiger partial charge on any atom is 0.394 e. The largest absolute Gasteiger partial charge is 0.394 e. The van der Waals surface area contributed by atoms with Crippen molar-refractivity contribution in [1.82, 2.24) is 0 Å². The zero-order valence-corrected chi connectivity index (χ0v) is 8.15. The number of nitrogens with two attached hydrogens (primary N) is 1.